The topological polar surface area (TPSA) is 78.0 Å². The number of nitrogens with zero attached hydrogens (tertiary/aromatic N) is 2. The average molecular weight is 458 g/mol. The van der Waals surface area contributed by atoms with Crippen molar-refractivity contribution in [1.82, 2.24) is 9.78 Å². The van der Waals surface area contributed by atoms with E-state index >= 15 is 0 Å². The van der Waals surface area contributed by atoms with Gasteiger partial charge in [-0.3, -0.25) is 9.59 Å². The molecule has 29 heavy (non-hydrogen) atoms. The molecule has 5 nitrogen and oxygen atoms in total. The summed E-state index contributed by atoms with van der Waals surface area (Å²) in [4.78, 5) is 23.8. The van der Waals surface area contributed by atoms with Crippen LogP contribution in [0.3, 0.4) is 0 Å². The Morgan fingerprint density at radius 2 is 1.79 bits per heavy atom. The number of hydrogen-bond acceptors (Lipinski definition) is 3. The van der Waals surface area contributed by atoms with Gasteiger partial charge in [0.25, 0.3) is 0 Å². The SMILES string of the molecule is NC(=O)Cc1ccc(-c2nn(-c3c(F)cccc3F)c3c2C(=O)CC=C3Br)cc1. The first kappa shape index (κ1) is 19.2. The van der Waals surface area contributed by atoms with Crippen LogP contribution in [0.1, 0.15) is 28.0 Å². The van der Waals surface area contributed by atoms with Gasteiger partial charge in [0.05, 0.1) is 17.7 Å². The Labute approximate surface area is 173 Å². The first-order valence-corrected chi connectivity index (χ1v) is 9.50. The number of amides is 1. The molecule has 8 heteroatoms. The first-order chi connectivity index (χ1) is 13.9. The van der Waals surface area contributed by atoms with Gasteiger partial charge < -0.3 is 5.73 Å². The maximum absolute atomic E-state index is 14.5. The van der Waals surface area contributed by atoms with Gasteiger partial charge in [-0.25, -0.2) is 13.5 Å². The number of halogens is 3. The number of rotatable bonds is 4. The number of para-hydroxylation sites is 1. The molecule has 4 rings (SSSR count). The van der Waals surface area contributed by atoms with E-state index in [0.29, 0.717) is 27.0 Å². The van der Waals surface area contributed by atoms with Crippen molar-refractivity contribution in [2.75, 3.05) is 0 Å². The summed E-state index contributed by atoms with van der Waals surface area (Å²) in [5.41, 5.74) is 7.03. The second-order valence-electron chi connectivity index (χ2n) is 6.57. The molecule has 3 aromatic rings. The lowest BCUT2D eigenvalue weighted by atomic mass is 9.96. The molecule has 1 aromatic heterocycles. The van der Waals surface area contributed by atoms with Crippen LogP contribution in [0, 0.1) is 11.6 Å². The molecule has 1 aliphatic rings. The normalized spacial score (nSPS) is 13.2. The second kappa shape index (κ2) is 7.36. The molecule has 2 N–H and O–H groups in total. The maximum Gasteiger partial charge on any atom is 0.221 e. The zero-order chi connectivity index (χ0) is 20.7. The lowest BCUT2D eigenvalue weighted by Crippen LogP contribution is -2.13. The molecule has 0 aliphatic heterocycles. The van der Waals surface area contributed by atoms with Crippen molar-refractivity contribution in [3.05, 3.63) is 77.0 Å². The third-order valence-corrected chi connectivity index (χ3v) is 5.31. The molecule has 0 saturated carbocycles. The van der Waals surface area contributed by atoms with Gasteiger partial charge in [-0.15, -0.1) is 0 Å². The number of Topliss-reactive ketones (excluding diaryl/α,β-unsaturated/α-hetero) is 1. The largest absolute Gasteiger partial charge is 0.369 e. The third kappa shape index (κ3) is 3.40. The summed E-state index contributed by atoms with van der Waals surface area (Å²) >= 11 is 3.39. The molecule has 0 radical (unpaired) electrons. The minimum atomic E-state index is -0.794. The van der Waals surface area contributed by atoms with Crippen LogP contribution in [0.15, 0.2) is 48.5 Å². The molecule has 0 atom stereocenters. The van der Waals surface area contributed by atoms with E-state index < -0.39 is 17.5 Å². The van der Waals surface area contributed by atoms with Crippen molar-refractivity contribution in [2.45, 2.75) is 12.8 Å². The van der Waals surface area contributed by atoms with Crippen molar-refractivity contribution >= 4 is 32.1 Å². The summed E-state index contributed by atoms with van der Waals surface area (Å²) < 4.78 is 30.5. The second-order valence-corrected chi connectivity index (χ2v) is 7.43. The number of aromatic nitrogens is 2. The van der Waals surface area contributed by atoms with Gasteiger partial charge in [0.1, 0.15) is 11.4 Å². The minimum absolute atomic E-state index is 0.0838. The molecule has 0 unspecified atom stereocenters. The minimum Gasteiger partial charge on any atom is -0.369 e. The van der Waals surface area contributed by atoms with Crippen LogP contribution < -0.4 is 5.73 Å². The Bertz CT molecular complexity index is 1160. The number of carbonyl (C=O) groups is 2. The van der Waals surface area contributed by atoms with Crippen LogP contribution in [-0.2, 0) is 11.2 Å². The van der Waals surface area contributed by atoms with E-state index in [1.807, 2.05) is 0 Å². The van der Waals surface area contributed by atoms with Crippen molar-refractivity contribution in [3.8, 4) is 16.9 Å². The summed E-state index contributed by atoms with van der Waals surface area (Å²) in [5, 5.41) is 4.40. The highest BCUT2D eigenvalue weighted by molar-refractivity contribution is 9.15. The molecule has 2 aromatic carbocycles. The molecular formula is C21H14BrF2N3O2. The zero-order valence-electron chi connectivity index (χ0n) is 15.0. The van der Waals surface area contributed by atoms with E-state index in [1.54, 1.807) is 30.3 Å². The molecule has 146 valence electrons. The van der Waals surface area contributed by atoms with Gasteiger partial charge in [0.15, 0.2) is 17.4 Å². The van der Waals surface area contributed by atoms with Gasteiger partial charge >= 0.3 is 0 Å². The van der Waals surface area contributed by atoms with Crippen LogP contribution >= 0.6 is 15.9 Å². The maximum atomic E-state index is 14.5. The van der Waals surface area contributed by atoms with Gasteiger partial charge in [-0.05, 0) is 33.6 Å². The summed E-state index contributed by atoms with van der Waals surface area (Å²) in [6.07, 6.45) is 1.87. The third-order valence-electron chi connectivity index (χ3n) is 4.61. The fourth-order valence-corrected chi connectivity index (χ4v) is 3.85. The van der Waals surface area contributed by atoms with Gasteiger partial charge in [0.2, 0.25) is 5.91 Å². The molecule has 0 fully saturated rings. The van der Waals surface area contributed by atoms with Crippen molar-refractivity contribution in [2.24, 2.45) is 5.73 Å². The Balaban J connectivity index is 1.94. The smallest absolute Gasteiger partial charge is 0.221 e. The standard InChI is InChI=1S/C21H14BrF2N3O2/c22-13-8-9-16(28)18-19(12-6-4-11(5-7-12)10-17(25)29)26-27(20(13)18)21-14(23)2-1-3-15(21)24/h1-8H,9-10H2,(H2,25,29). The van der Waals surface area contributed by atoms with Gasteiger partial charge in [-0.1, -0.05) is 36.4 Å². The van der Waals surface area contributed by atoms with Crippen molar-refractivity contribution in [3.63, 3.8) is 0 Å². The fraction of sp³-hybridized carbons (Fsp3) is 0.0952. The molecule has 1 aliphatic carbocycles. The van der Waals surface area contributed by atoms with Crippen LogP contribution in [0.5, 0.6) is 0 Å². The van der Waals surface area contributed by atoms with E-state index in [1.165, 1.54) is 6.07 Å². The van der Waals surface area contributed by atoms with Crippen LogP contribution in [0.4, 0.5) is 8.78 Å². The molecule has 1 heterocycles. The highest BCUT2D eigenvalue weighted by Gasteiger charge is 2.31. The molecule has 1 amide bonds. The van der Waals surface area contributed by atoms with E-state index in [0.717, 1.165) is 16.8 Å². The molecule has 0 spiro atoms. The number of hydrogen-bond donors (Lipinski definition) is 1. The number of benzene rings is 2. The van der Waals surface area contributed by atoms with Crippen LogP contribution in [0.25, 0.3) is 21.4 Å². The highest BCUT2D eigenvalue weighted by Crippen LogP contribution is 2.39. The predicted octanol–water partition coefficient (Wildman–Crippen LogP) is 4.17. The zero-order valence-corrected chi connectivity index (χ0v) is 16.5. The Morgan fingerprint density at radius 3 is 2.41 bits per heavy atom. The first-order valence-electron chi connectivity index (χ1n) is 8.71. The Kier molecular flexibility index (Phi) is 4.87. The van der Waals surface area contributed by atoms with Gasteiger partial charge in [0, 0.05) is 16.5 Å². The highest BCUT2D eigenvalue weighted by atomic mass is 79.9. The average Bonchev–Trinajstić information content (AvgIpc) is 3.06. The lowest BCUT2D eigenvalue weighted by Gasteiger charge is -2.13. The molecule has 0 bridgehead atoms. The molecule has 0 saturated heterocycles. The van der Waals surface area contributed by atoms with E-state index in [2.05, 4.69) is 21.0 Å². The van der Waals surface area contributed by atoms with Crippen molar-refractivity contribution in [1.29, 1.82) is 0 Å². The summed E-state index contributed by atoms with van der Waals surface area (Å²) in [5.74, 6) is -2.25. The van der Waals surface area contributed by atoms with Crippen LogP contribution in [-0.4, -0.2) is 21.5 Å². The Hall–Kier alpha value is -3.13. The number of allylic oxidation sites excluding steroid dienone is 1. The van der Waals surface area contributed by atoms with Gasteiger partial charge in [-0.2, -0.15) is 5.10 Å². The quantitative estimate of drug-likeness (QED) is 0.638. The predicted molar refractivity (Wildman–Crippen MR) is 108 cm³/mol. The van der Waals surface area contributed by atoms with E-state index in [-0.39, 0.29) is 29.9 Å². The van der Waals surface area contributed by atoms with E-state index in [4.69, 9.17) is 5.73 Å². The fourth-order valence-electron chi connectivity index (χ4n) is 3.32. The lowest BCUT2D eigenvalue weighted by molar-refractivity contribution is -0.117. The number of carbonyl (C=O) groups excluding carboxylic acids is 2. The molecular weight excluding hydrogens is 444 g/mol. The van der Waals surface area contributed by atoms with E-state index in [9.17, 15) is 18.4 Å². The summed E-state index contributed by atoms with van der Waals surface area (Å²) in [7, 11) is 0. The van der Waals surface area contributed by atoms with Crippen LogP contribution in [0.2, 0.25) is 0 Å². The summed E-state index contributed by atoms with van der Waals surface area (Å²) in [6.45, 7) is 0. The number of ketones is 1. The monoisotopic (exact) mass is 457 g/mol. The number of fused-ring (bicyclic) bond motifs is 1. The number of primary amides is 1. The van der Waals surface area contributed by atoms with Crippen molar-refractivity contribution < 1.29 is 18.4 Å². The number of nitrogens with two attached hydrogens (primary N) is 1. The summed E-state index contributed by atoms with van der Waals surface area (Å²) in [6, 6.07) is 10.3. The Morgan fingerprint density at radius 1 is 1.14 bits per heavy atom.